The second-order valence-electron chi connectivity index (χ2n) is 5.03. The maximum Gasteiger partial charge on any atom is 0.354 e. The minimum atomic E-state index is -3.84. The second-order valence-corrected chi connectivity index (χ2v) is 7.60. The number of ether oxygens (including phenoxy) is 1. The van der Waals surface area contributed by atoms with Crippen LogP contribution in [0.4, 0.5) is 0 Å². The summed E-state index contributed by atoms with van der Waals surface area (Å²) in [6.45, 7) is 2.69. The Morgan fingerprint density at radius 2 is 2.10 bits per heavy atom. The zero-order chi connectivity index (χ0) is 14.8. The van der Waals surface area contributed by atoms with E-state index < -0.39 is 15.0 Å². The predicted octanol–water partition coefficient (Wildman–Crippen LogP) is 2.78. The van der Waals surface area contributed by atoms with Gasteiger partial charge in [0.15, 0.2) is 0 Å². The van der Waals surface area contributed by atoms with Crippen LogP contribution in [0, 0.1) is 5.92 Å². The largest absolute Gasteiger partial charge is 0.461 e. The van der Waals surface area contributed by atoms with Crippen LogP contribution in [0.5, 0.6) is 0 Å². The third-order valence-corrected chi connectivity index (χ3v) is 4.95. The molecule has 1 heterocycles. The van der Waals surface area contributed by atoms with Gasteiger partial charge in [-0.1, -0.05) is 12.8 Å². The van der Waals surface area contributed by atoms with Crippen molar-refractivity contribution in [2.24, 2.45) is 5.92 Å². The van der Waals surface area contributed by atoms with Crippen LogP contribution in [0.1, 0.15) is 43.1 Å². The van der Waals surface area contributed by atoms with Crippen molar-refractivity contribution in [2.75, 3.05) is 6.61 Å². The molecule has 1 fully saturated rings. The Hall–Kier alpha value is -1.01. The lowest BCUT2D eigenvalue weighted by Gasteiger charge is -2.10. The van der Waals surface area contributed by atoms with Gasteiger partial charge in [0.05, 0.1) is 6.61 Å². The molecule has 1 aromatic heterocycles. The molecule has 2 rings (SSSR count). The molecular formula is C13H18ClNO4S. The summed E-state index contributed by atoms with van der Waals surface area (Å²) < 4.78 is 29.4. The van der Waals surface area contributed by atoms with Gasteiger partial charge >= 0.3 is 5.97 Å². The molecule has 0 atom stereocenters. The van der Waals surface area contributed by atoms with Gasteiger partial charge in [0, 0.05) is 23.4 Å². The molecule has 0 unspecified atom stereocenters. The van der Waals surface area contributed by atoms with E-state index in [0.29, 0.717) is 19.1 Å². The van der Waals surface area contributed by atoms with Crippen LogP contribution in [0.25, 0.3) is 0 Å². The van der Waals surface area contributed by atoms with Crippen molar-refractivity contribution in [3.05, 3.63) is 18.0 Å². The van der Waals surface area contributed by atoms with Crippen LogP contribution in [0.15, 0.2) is 17.2 Å². The maximum absolute atomic E-state index is 12.0. The first kappa shape index (κ1) is 15.4. The van der Waals surface area contributed by atoms with Crippen LogP contribution in [-0.4, -0.2) is 25.6 Å². The summed E-state index contributed by atoms with van der Waals surface area (Å²) in [5, 5.41) is 0. The summed E-state index contributed by atoms with van der Waals surface area (Å²) in [6.07, 6.45) is 5.89. The smallest absolute Gasteiger partial charge is 0.354 e. The molecule has 0 spiro atoms. The van der Waals surface area contributed by atoms with Crippen LogP contribution in [-0.2, 0) is 20.3 Å². The molecule has 1 aromatic rings. The first-order valence-electron chi connectivity index (χ1n) is 6.73. The fourth-order valence-corrected chi connectivity index (χ4v) is 3.25. The average molecular weight is 320 g/mol. The van der Waals surface area contributed by atoms with E-state index in [-0.39, 0.29) is 10.6 Å². The van der Waals surface area contributed by atoms with Gasteiger partial charge in [-0.2, -0.15) is 0 Å². The summed E-state index contributed by atoms with van der Waals surface area (Å²) in [7, 11) is 1.46. The summed E-state index contributed by atoms with van der Waals surface area (Å²) in [5.41, 5.74) is 0.227. The summed E-state index contributed by atoms with van der Waals surface area (Å²) in [4.78, 5) is 12.0. The van der Waals surface area contributed by atoms with Gasteiger partial charge in [-0.05, 0) is 31.7 Å². The molecule has 1 aliphatic rings. The highest BCUT2D eigenvalue weighted by atomic mass is 35.7. The van der Waals surface area contributed by atoms with E-state index in [0.717, 1.165) is 12.8 Å². The zero-order valence-electron chi connectivity index (χ0n) is 11.3. The normalized spacial score (nSPS) is 16.5. The Morgan fingerprint density at radius 1 is 1.45 bits per heavy atom. The highest BCUT2D eigenvalue weighted by Crippen LogP contribution is 2.25. The van der Waals surface area contributed by atoms with Gasteiger partial charge in [0.1, 0.15) is 10.6 Å². The molecule has 0 N–H and O–H groups in total. The molecule has 0 bridgehead atoms. The van der Waals surface area contributed by atoms with E-state index in [1.54, 1.807) is 0 Å². The van der Waals surface area contributed by atoms with E-state index in [1.165, 1.54) is 29.7 Å². The molecule has 0 aromatic carbocycles. The van der Waals surface area contributed by atoms with Gasteiger partial charge in [0.2, 0.25) is 0 Å². The molecule has 112 valence electrons. The lowest BCUT2D eigenvalue weighted by atomic mass is 10.1. The number of nitrogens with zero attached hydrogens (tertiary/aromatic N) is 1. The van der Waals surface area contributed by atoms with E-state index in [9.17, 15) is 13.2 Å². The third kappa shape index (κ3) is 3.55. The first-order chi connectivity index (χ1) is 9.41. The second kappa shape index (κ2) is 6.18. The molecule has 0 radical (unpaired) electrons. The fraction of sp³-hybridized carbons (Fsp3) is 0.615. The lowest BCUT2D eigenvalue weighted by Crippen LogP contribution is -2.15. The Kier molecular flexibility index (Phi) is 4.75. The highest BCUT2D eigenvalue weighted by Gasteiger charge is 2.22. The molecular weight excluding hydrogens is 302 g/mol. The number of aryl methyl sites for hydroxylation is 1. The monoisotopic (exact) mass is 319 g/mol. The molecule has 0 saturated heterocycles. The number of hydrogen-bond donors (Lipinski definition) is 0. The topological polar surface area (TPSA) is 65.4 Å². The van der Waals surface area contributed by atoms with Crippen LogP contribution in [0.2, 0.25) is 0 Å². The van der Waals surface area contributed by atoms with Crippen molar-refractivity contribution >= 4 is 25.7 Å². The lowest BCUT2D eigenvalue weighted by molar-refractivity contribution is 0.0430. The van der Waals surface area contributed by atoms with Crippen LogP contribution in [0.3, 0.4) is 0 Å². The Balaban J connectivity index is 2.10. The molecule has 1 aliphatic carbocycles. The van der Waals surface area contributed by atoms with Gasteiger partial charge < -0.3 is 9.30 Å². The van der Waals surface area contributed by atoms with Crippen molar-refractivity contribution in [3.8, 4) is 0 Å². The zero-order valence-corrected chi connectivity index (χ0v) is 12.9. The van der Waals surface area contributed by atoms with Gasteiger partial charge in [0.25, 0.3) is 9.05 Å². The number of aromatic nitrogens is 1. The van der Waals surface area contributed by atoms with E-state index in [2.05, 4.69) is 0 Å². The minimum Gasteiger partial charge on any atom is -0.461 e. The van der Waals surface area contributed by atoms with Crippen molar-refractivity contribution in [3.63, 3.8) is 0 Å². The SMILES string of the molecule is CCn1cc(S(=O)(=O)Cl)cc1C(=O)OCC1CCCC1. The molecule has 5 nitrogen and oxygen atoms in total. The number of carbonyl (C=O) groups excluding carboxylic acids is 1. The van der Waals surface area contributed by atoms with E-state index in [4.69, 9.17) is 15.4 Å². The summed E-state index contributed by atoms with van der Waals surface area (Å²) >= 11 is 0. The molecule has 7 heteroatoms. The highest BCUT2D eigenvalue weighted by molar-refractivity contribution is 8.13. The van der Waals surface area contributed by atoms with Gasteiger partial charge in [-0.3, -0.25) is 0 Å². The van der Waals surface area contributed by atoms with Crippen molar-refractivity contribution in [2.45, 2.75) is 44.0 Å². The number of halogens is 1. The summed E-state index contributed by atoms with van der Waals surface area (Å²) in [5.74, 6) is -0.0643. The third-order valence-electron chi connectivity index (χ3n) is 3.63. The first-order valence-corrected chi connectivity index (χ1v) is 9.04. The quantitative estimate of drug-likeness (QED) is 0.618. The Morgan fingerprint density at radius 3 is 2.65 bits per heavy atom. The molecule has 0 aliphatic heterocycles. The van der Waals surface area contributed by atoms with Crippen molar-refractivity contribution < 1.29 is 17.9 Å². The average Bonchev–Trinajstić information content (AvgIpc) is 3.03. The van der Waals surface area contributed by atoms with Crippen molar-refractivity contribution in [1.82, 2.24) is 4.57 Å². The fourth-order valence-electron chi connectivity index (χ4n) is 2.49. The van der Waals surface area contributed by atoms with Gasteiger partial charge in [-0.25, -0.2) is 13.2 Å². The van der Waals surface area contributed by atoms with E-state index in [1.807, 2.05) is 6.92 Å². The Bertz CT molecular complexity index is 588. The summed E-state index contributed by atoms with van der Waals surface area (Å²) in [6, 6.07) is 1.27. The van der Waals surface area contributed by atoms with Gasteiger partial charge in [-0.15, -0.1) is 0 Å². The molecule has 1 saturated carbocycles. The standard InChI is InChI=1S/C13H18ClNO4S/c1-2-15-8-11(20(14,17)18)7-12(15)13(16)19-9-10-5-3-4-6-10/h7-8,10H,2-6,9H2,1H3. The van der Waals surface area contributed by atoms with Crippen LogP contribution < -0.4 is 0 Å². The van der Waals surface area contributed by atoms with E-state index >= 15 is 0 Å². The molecule has 20 heavy (non-hydrogen) atoms. The predicted molar refractivity (Wildman–Crippen MR) is 75.4 cm³/mol. The number of rotatable bonds is 5. The Labute approximate surface area is 123 Å². The molecule has 0 amide bonds. The van der Waals surface area contributed by atoms with Crippen molar-refractivity contribution in [1.29, 1.82) is 0 Å². The minimum absolute atomic E-state index is 0.0752. The number of esters is 1. The van der Waals surface area contributed by atoms with Crippen LogP contribution >= 0.6 is 10.7 Å². The number of hydrogen-bond acceptors (Lipinski definition) is 4. The number of carbonyl (C=O) groups is 1. The maximum atomic E-state index is 12.0.